The predicted molar refractivity (Wildman–Crippen MR) is 85.6 cm³/mol. The molecule has 0 fully saturated rings. The highest BCUT2D eigenvalue weighted by Gasteiger charge is 2.21. The summed E-state index contributed by atoms with van der Waals surface area (Å²) in [6.45, 7) is 4.03. The number of esters is 1. The van der Waals surface area contributed by atoms with Crippen molar-refractivity contribution in [3.63, 3.8) is 0 Å². The number of benzene rings is 1. The molecule has 110 valence electrons. The van der Waals surface area contributed by atoms with E-state index in [0.717, 1.165) is 16.3 Å². The molecule has 0 aliphatic carbocycles. The summed E-state index contributed by atoms with van der Waals surface area (Å²) >= 11 is 1.58. The maximum absolute atomic E-state index is 12.0. The van der Waals surface area contributed by atoms with Gasteiger partial charge < -0.3 is 4.74 Å². The van der Waals surface area contributed by atoms with Gasteiger partial charge in [0, 0.05) is 11.4 Å². The highest BCUT2D eigenvalue weighted by atomic mass is 32.2. The molecule has 21 heavy (non-hydrogen) atoms. The zero-order chi connectivity index (χ0) is 15.2. The van der Waals surface area contributed by atoms with Crippen molar-refractivity contribution in [2.75, 3.05) is 12.9 Å². The first-order chi connectivity index (χ1) is 10.1. The molecule has 1 heterocycles. The van der Waals surface area contributed by atoms with Gasteiger partial charge >= 0.3 is 5.97 Å². The Labute approximate surface area is 129 Å². The molecular weight excluding hydrogens is 282 g/mol. The summed E-state index contributed by atoms with van der Waals surface area (Å²) < 4.78 is 4.93. The fourth-order valence-electron chi connectivity index (χ4n) is 2.17. The topological polar surface area (TPSA) is 39.2 Å². The number of methoxy groups -OCH3 is 1. The van der Waals surface area contributed by atoms with Crippen molar-refractivity contribution in [2.45, 2.75) is 24.8 Å². The average molecular weight is 301 g/mol. The second-order valence-electron chi connectivity index (χ2n) is 4.92. The van der Waals surface area contributed by atoms with Gasteiger partial charge in [0.2, 0.25) is 0 Å². The molecule has 0 amide bonds. The maximum Gasteiger partial charge on any atom is 0.313 e. The number of rotatable bonds is 5. The number of hydrogen-bond donors (Lipinski definition) is 0. The van der Waals surface area contributed by atoms with Crippen LogP contribution in [0.3, 0.4) is 0 Å². The third kappa shape index (κ3) is 4.33. The highest BCUT2D eigenvalue weighted by Crippen LogP contribution is 2.27. The third-order valence-corrected chi connectivity index (χ3v) is 4.16. The van der Waals surface area contributed by atoms with Gasteiger partial charge in [-0.3, -0.25) is 4.79 Å². The quantitative estimate of drug-likeness (QED) is 0.623. The van der Waals surface area contributed by atoms with E-state index in [4.69, 9.17) is 4.74 Å². The van der Waals surface area contributed by atoms with Crippen molar-refractivity contribution < 1.29 is 9.53 Å². The van der Waals surface area contributed by atoms with Gasteiger partial charge in [0.1, 0.15) is 0 Å². The van der Waals surface area contributed by atoms with Crippen LogP contribution >= 0.6 is 11.8 Å². The number of aryl methyl sites for hydroxylation is 2. The van der Waals surface area contributed by atoms with Crippen molar-refractivity contribution >= 4 is 17.7 Å². The van der Waals surface area contributed by atoms with Crippen LogP contribution in [0.1, 0.15) is 22.7 Å². The van der Waals surface area contributed by atoms with Crippen molar-refractivity contribution in [1.82, 2.24) is 4.98 Å². The second-order valence-corrected chi connectivity index (χ2v) is 5.96. The maximum atomic E-state index is 12.0. The molecule has 3 nitrogen and oxygen atoms in total. The number of aromatic nitrogens is 1. The second kappa shape index (κ2) is 7.27. The SMILES string of the molecule is COC(=O)C(CSc1cc(C)cc(C)n1)c1ccccc1. The number of pyridine rings is 1. The number of hydrogen-bond acceptors (Lipinski definition) is 4. The van der Waals surface area contributed by atoms with Crippen LogP contribution in [0.15, 0.2) is 47.5 Å². The van der Waals surface area contributed by atoms with Crippen LogP contribution in [0, 0.1) is 13.8 Å². The normalized spacial score (nSPS) is 12.0. The Balaban J connectivity index is 2.14. The van der Waals surface area contributed by atoms with Gasteiger partial charge in [0.05, 0.1) is 18.1 Å². The van der Waals surface area contributed by atoms with Crippen LogP contribution in [0.5, 0.6) is 0 Å². The molecule has 0 bridgehead atoms. The van der Waals surface area contributed by atoms with Gasteiger partial charge in [-0.2, -0.15) is 0 Å². The van der Waals surface area contributed by atoms with E-state index in [0.29, 0.717) is 5.75 Å². The lowest BCUT2D eigenvalue weighted by Crippen LogP contribution is -2.16. The molecule has 0 spiro atoms. The number of nitrogens with zero attached hydrogens (tertiary/aromatic N) is 1. The smallest absolute Gasteiger partial charge is 0.313 e. The summed E-state index contributed by atoms with van der Waals surface area (Å²) in [6.07, 6.45) is 0. The first-order valence-electron chi connectivity index (χ1n) is 6.81. The monoisotopic (exact) mass is 301 g/mol. The minimum Gasteiger partial charge on any atom is -0.469 e. The minimum atomic E-state index is -0.274. The molecule has 4 heteroatoms. The highest BCUT2D eigenvalue weighted by molar-refractivity contribution is 7.99. The number of carbonyl (C=O) groups is 1. The molecule has 2 rings (SSSR count). The zero-order valence-electron chi connectivity index (χ0n) is 12.5. The standard InChI is InChI=1S/C17H19NO2S/c1-12-9-13(2)18-16(10-12)21-11-15(17(19)20-3)14-7-5-4-6-8-14/h4-10,15H,11H2,1-3H3. The summed E-state index contributed by atoms with van der Waals surface area (Å²) in [5, 5.41) is 0.942. The summed E-state index contributed by atoms with van der Waals surface area (Å²) in [4.78, 5) is 16.5. The van der Waals surface area contributed by atoms with E-state index in [9.17, 15) is 4.79 Å². The Bertz CT molecular complexity index is 593. The van der Waals surface area contributed by atoms with E-state index in [1.165, 1.54) is 12.7 Å². The Kier molecular flexibility index (Phi) is 5.39. The van der Waals surface area contributed by atoms with Crippen LogP contribution in [0.2, 0.25) is 0 Å². The van der Waals surface area contributed by atoms with Crippen LogP contribution in [-0.2, 0) is 9.53 Å². The summed E-state index contributed by atoms with van der Waals surface area (Å²) in [5.74, 6) is 0.133. The van der Waals surface area contributed by atoms with Gasteiger partial charge in [0.25, 0.3) is 0 Å². The third-order valence-electron chi connectivity index (χ3n) is 3.16. The molecule has 2 aromatic rings. The lowest BCUT2D eigenvalue weighted by atomic mass is 10.0. The minimum absolute atomic E-state index is 0.210. The number of carbonyl (C=O) groups excluding carboxylic acids is 1. The number of thioether (sulfide) groups is 1. The summed E-state index contributed by atoms with van der Waals surface area (Å²) in [7, 11) is 1.43. The van der Waals surface area contributed by atoms with E-state index in [-0.39, 0.29) is 11.9 Å². The average Bonchev–Trinajstić information content (AvgIpc) is 2.47. The first kappa shape index (κ1) is 15.6. The zero-order valence-corrected chi connectivity index (χ0v) is 13.3. The molecule has 1 aromatic carbocycles. The van der Waals surface area contributed by atoms with Crippen LogP contribution < -0.4 is 0 Å². The van der Waals surface area contributed by atoms with E-state index in [1.807, 2.05) is 56.3 Å². The van der Waals surface area contributed by atoms with E-state index >= 15 is 0 Å². The lowest BCUT2D eigenvalue weighted by Gasteiger charge is -2.14. The van der Waals surface area contributed by atoms with Gasteiger partial charge in [-0.1, -0.05) is 30.3 Å². The molecule has 0 saturated heterocycles. The molecule has 0 aliphatic rings. The molecular formula is C17H19NO2S. The van der Waals surface area contributed by atoms with Crippen molar-refractivity contribution in [3.05, 3.63) is 59.3 Å². The molecule has 1 aromatic heterocycles. The number of ether oxygens (including phenoxy) is 1. The van der Waals surface area contributed by atoms with Gasteiger partial charge in [-0.25, -0.2) is 4.98 Å². The van der Waals surface area contributed by atoms with E-state index in [2.05, 4.69) is 4.98 Å². The summed E-state index contributed by atoms with van der Waals surface area (Å²) in [5.41, 5.74) is 3.15. The van der Waals surface area contributed by atoms with E-state index in [1.54, 1.807) is 11.8 Å². The fraction of sp³-hybridized carbons (Fsp3) is 0.294. The largest absolute Gasteiger partial charge is 0.469 e. The molecule has 0 N–H and O–H groups in total. The van der Waals surface area contributed by atoms with Gasteiger partial charge in [0.15, 0.2) is 0 Å². The fourth-order valence-corrected chi connectivity index (χ4v) is 3.32. The Morgan fingerprint density at radius 1 is 1.24 bits per heavy atom. The Morgan fingerprint density at radius 2 is 1.95 bits per heavy atom. The van der Waals surface area contributed by atoms with Crippen molar-refractivity contribution in [1.29, 1.82) is 0 Å². The van der Waals surface area contributed by atoms with Crippen molar-refractivity contribution in [3.8, 4) is 0 Å². The molecule has 1 atom stereocenters. The van der Waals surface area contributed by atoms with Crippen LogP contribution in [0.4, 0.5) is 0 Å². The van der Waals surface area contributed by atoms with Crippen molar-refractivity contribution in [2.24, 2.45) is 0 Å². The Hall–Kier alpha value is -1.81. The van der Waals surface area contributed by atoms with E-state index < -0.39 is 0 Å². The summed E-state index contributed by atoms with van der Waals surface area (Å²) in [6, 6.07) is 13.8. The van der Waals surface area contributed by atoms with Gasteiger partial charge in [-0.15, -0.1) is 11.8 Å². The van der Waals surface area contributed by atoms with Crippen LogP contribution in [0.25, 0.3) is 0 Å². The molecule has 0 aliphatic heterocycles. The molecule has 0 radical (unpaired) electrons. The van der Waals surface area contributed by atoms with Crippen LogP contribution in [-0.4, -0.2) is 23.8 Å². The lowest BCUT2D eigenvalue weighted by molar-refractivity contribution is -0.141. The Morgan fingerprint density at radius 3 is 2.57 bits per heavy atom. The predicted octanol–water partition coefficient (Wildman–Crippen LogP) is 3.75. The molecule has 1 unspecified atom stereocenters. The van der Waals surface area contributed by atoms with Gasteiger partial charge in [-0.05, 0) is 37.1 Å². The molecule has 0 saturated carbocycles. The first-order valence-corrected chi connectivity index (χ1v) is 7.79.